The minimum Gasteiger partial charge on any atom is -0.354 e. The van der Waals surface area contributed by atoms with E-state index in [2.05, 4.69) is 38.3 Å². The van der Waals surface area contributed by atoms with Gasteiger partial charge in [-0.05, 0) is 36.5 Å². The minimum absolute atomic E-state index is 0.0238. The number of hydrogen-bond donors (Lipinski definition) is 2. The van der Waals surface area contributed by atoms with Crippen molar-refractivity contribution < 1.29 is 9.59 Å². The summed E-state index contributed by atoms with van der Waals surface area (Å²) in [5.41, 5.74) is 0.183. The van der Waals surface area contributed by atoms with Gasteiger partial charge >= 0.3 is 0 Å². The van der Waals surface area contributed by atoms with Crippen molar-refractivity contribution in [3.8, 4) is 0 Å². The van der Waals surface area contributed by atoms with Crippen LogP contribution in [0.4, 0.5) is 0 Å². The molecule has 0 bridgehead atoms. The predicted molar refractivity (Wildman–Crippen MR) is 90.4 cm³/mol. The standard InChI is InChI=1S/C18H34N2O2/c1-7-12(3)18(13(4)8-2)10-16(19-14(5)21)9-17(11-18)20-15(6)22/h12-13,16-17H,7-11H2,1-6H3,(H,19,21)(H,20,22). The molecule has 1 fully saturated rings. The summed E-state index contributed by atoms with van der Waals surface area (Å²) in [6.45, 7) is 12.3. The lowest BCUT2D eigenvalue weighted by Crippen LogP contribution is -2.54. The van der Waals surface area contributed by atoms with Crippen LogP contribution in [0.25, 0.3) is 0 Å². The highest BCUT2D eigenvalue weighted by Crippen LogP contribution is 2.50. The highest BCUT2D eigenvalue weighted by Gasteiger charge is 2.46. The molecule has 0 radical (unpaired) electrons. The Hall–Kier alpha value is -1.06. The van der Waals surface area contributed by atoms with Crippen molar-refractivity contribution in [2.24, 2.45) is 17.3 Å². The maximum absolute atomic E-state index is 11.5. The molecular weight excluding hydrogens is 276 g/mol. The van der Waals surface area contributed by atoms with E-state index in [1.807, 2.05) is 0 Å². The number of hydrogen-bond acceptors (Lipinski definition) is 2. The van der Waals surface area contributed by atoms with Gasteiger partial charge in [0.05, 0.1) is 0 Å². The summed E-state index contributed by atoms with van der Waals surface area (Å²) in [5.74, 6) is 1.21. The largest absolute Gasteiger partial charge is 0.354 e. The van der Waals surface area contributed by atoms with Gasteiger partial charge in [0.2, 0.25) is 11.8 Å². The highest BCUT2D eigenvalue weighted by atomic mass is 16.2. The molecule has 4 nitrogen and oxygen atoms in total. The van der Waals surface area contributed by atoms with Crippen LogP contribution in [0.1, 0.15) is 73.6 Å². The predicted octanol–water partition coefficient (Wildman–Crippen LogP) is 3.26. The van der Waals surface area contributed by atoms with Gasteiger partial charge < -0.3 is 10.6 Å². The maximum atomic E-state index is 11.5. The molecule has 4 heteroatoms. The molecule has 1 aliphatic rings. The van der Waals surface area contributed by atoms with Crippen LogP contribution in [0.3, 0.4) is 0 Å². The molecule has 0 aromatic heterocycles. The fourth-order valence-electron chi connectivity index (χ4n) is 4.41. The molecule has 0 saturated heterocycles. The van der Waals surface area contributed by atoms with Crippen LogP contribution < -0.4 is 10.6 Å². The molecule has 1 saturated carbocycles. The Morgan fingerprint density at radius 1 is 0.955 bits per heavy atom. The first-order chi connectivity index (χ1) is 10.2. The van der Waals surface area contributed by atoms with Gasteiger partial charge in [-0.3, -0.25) is 9.59 Å². The summed E-state index contributed by atoms with van der Waals surface area (Å²) in [7, 11) is 0. The lowest BCUT2D eigenvalue weighted by Gasteiger charge is -2.51. The van der Waals surface area contributed by atoms with E-state index in [0.29, 0.717) is 11.8 Å². The fourth-order valence-corrected chi connectivity index (χ4v) is 4.41. The Morgan fingerprint density at radius 2 is 1.32 bits per heavy atom. The topological polar surface area (TPSA) is 58.2 Å². The van der Waals surface area contributed by atoms with E-state index in [9.17, 15) is 9.59 Å². The van der Waals surface area contributed by atoms with Crippen molar-refractivity contribution in [1.29, 1.82) is 0 Å². The Bertz CT molecular complexity index is 359. The monoisotopic (exact) mass is 310 g/mol. The Balaban J connectivity index is 3.09. The van der Waals surface area contributed by atoms with Gasteiger partial charge in [-0.1, -0.05) is 40.5 Å². The number of amides is 2. The van der Waals surface area contributed by atoms with E-state index in [0.717, 1.165) is 32.1 Å². The number of carbonyl (C=O) groups excluding carboxylic acids is 2. The molecule has 0 heterocycles. The molecule has 1 rings (SSSR count). The van der Waals surface area contributed by atoms with Crippen molar-refractivity contribution in [2.45, 2.75) is 85.7 Å². The number of carbonyl (C=O) groups is 2. The first kappa shape index (κ1) is 19.0. The first-order valence-electron chi connectivity index (χ1n) is 8.79. The third-order valence-corrected chi connectivity index (χ3v) is 5.82. The van der Waals surface area contributed by atoms with E-state index in [1.165, 1.54) is 0 Å². The highest BCUT2D eigenvalue weighted by molar-refractivity contribution is 5.74. The van der Waals surface area contributed by atoms with Crippen LogP contribution in [0.5, 0.6) is 0 Å². The zero-order valence-corrected chi connectivity index (χ0v) is 15.2. The average Bonchev–Trinajstić information content (AvgIpc) is 2.43. The molecule has 22 heavy (non-hydrogen) atoms. The molecule has 0 spiro atoms. The third kappa shape index (κ3) is 4.47. The molecule has 4 atom stereocenters. The minimum atomic E-state index is 0.0238. The Morgan fingerprint density at radius 3 is 1.59 bits per heavy atom. The first-order valence-corrected chi connectivity index (χ1v) is 8.79. The van der Waals surface area contributed by atoms with Crippen molar-refractivity contribution >= 4 is 11.8 Å². The molecule has 0 aliphatic heterocycles. The molecule has 128 valence electrons. The van der Waals surface area contributed by atoms with E-state index >= 15 is 0 Å². The van der Waals surface area contributed by atoms with E-state index in [4.69, 9.17) is 0 Å². The molecule has 4 unspecified atom stereocenters. The summed E-state index contributed by atoms with van der Waals surface area (Å²) in [5, 5.41) is 6.21. The summed E-state index contributed by atoms with van der Waals surface area (Å²) < 4.78 is 0. The van der Waals surface area contributed by atoms with Gasteiger partial charge in [-0.2, -0.15) is 0 Å². The normalized spacial score (nSPS) is 31.2. The van der Waals surface area contributed by atoms with Crippen LogP contribution in [0.15, 0.2) is 0 Å². The zero-order valence-electron chi connectivity index (χ0n) is 15.2. The molecule has 2 N–H and O–H groups in total. The van der Waals surface area contributed by atoms with E-state index < -0.39 is 0 Å². The SMILES string of the molecule is CCC(C)C1(C(C)CC)CC(NC(C)=O)CC(NC(C)=O)C1. The van der Waals surface area contributed by atoms with Crippen LogP contribution in [0.2, 0.25) is 0 Å². The van der Waals surface area contributed by atoms with Crippen molar-refractivity contribution in [1.82, 2.24) is 10.6 Å². The quantitative estimate of drug-likeness (QED) is 0.791. The molecule has 2 amide bonds. The van der Waals surface area contributed by atoms with Crippen molar-refractivity contribution in [2.75, 3.05) is 0 Å². The van der Waals surface area contributed by atoms with Crippen LogP contribution in [-0.4, -0.2) is 23.9 Å². The number of rotatable bonds is 6. The van der Waals surface area contributed by atoms with E-state index in [-0.39, 0.29) is 29.3 Å². The maximum Gasteiger partial charge on any atom is 0.217 e. The average molecular weight is 310 g/mol. The summed E-state index contributed by atoms with van der Waals surface area (Å²) in [6.07, 6.45) is 5.14. The van der Waals surface area contributed by atoms with Gasteiger partial charge in [-0.25, -0.2) is 0 Å². The summed E-state index contributed by atoms with van der Waals surface area (Å²) in [4.78, 5) is 23.1. The zero-order chi connectivity index (χ0) is 16.9. The second-order valence-corrected chi connectivity index (χ2v) is 7.29. The third-order valence-electron chi connectivity index (χ3n) is 5.82. The fraction of sp³-hybridized carbons (Fsp3) is 0.889. The Kier molecular flexibility index (Phi) is 6.89. The number of nitrogens with one attached hydrogen (secondary N) is 2. The molecule has 1 aliphatic carbocycles. The second kappa shape index (κ2) is 7.98. The van der Waals surface area contributed by atoms with Crippen LogP contribution >= 0.6 is 0 Å². The lowest BCUT2D eigenvalue weighted by atomic mass is 9.56. The van der Waals surface area contributed by atoms with Gasteiger partial charge in [0.1, 0.15) is 0 Å². The van der Waals surface area contributed by atoms with Gasteiger partial charge in [0.25, 0.3) is 0 Å². The van der Waals surface area contributed by atoms with E-state index in [1.54, 1.807) is 13.8 Å². The molecule has 0 aromatic carbocycles. The Labute approximate surface area is 135 Å². The van der Waals surface area contributed by atoms with Gasteiger partial charge in [0, 0.05) is 25.9 Å². The summed E-state index contributed by atoms with van der Waals surface area (Å²) >= 11 is 0. The van der Waals surface area contributed by atoms with Crippen molar-refractivity contribution in [3.63, 3.8) is 0 Å². The molecular formula is C18H34N2O2. The second-order valence-electron chi connectivity index (χ2n) is 7.29. The molecule has 0 aromatic rings. The van der Waals surface area contributed by atoms with Gasteiger partial charge in [-0.15, -0.1) is 0 Å². The smallest absolute Gasteiger partial charge is 0.217 e. The van der Waals surface area contributed by atoms with Crippen LogP contribution in [0, 0.1) is 17.3 Å². The summed E-state index contributed by atoms with van der Waals surface area (Å²) in [6, 6.07) is 0.317. The van der Waals surface area contributed by atoms with Crippen LogP contribution in [-0.2, 0) is 9.59 Å². The lowest BCUT2D eigenvalue weighted by molar-refractivity contribution is -0.121. The van der Waals surface area contributed by atoms with Crippen molar-refractivity contribution in [3.05, 3.63) is 0 Å². The van der Waals surface area contributed by atoms with Gasteiger partial charge in [0.15, 0.2) is 0 Å².